The number of hydrogen-bond donors (Lipinski definition) is 2. The molecule has 1 atom stereocenters. The maximum Gasteiger partial charge on any atom is 0.329 e. The summed E-state index contributed by atoms with van der Waals surface area (Å²) in [5.74, 6) is 4.51. The van der Waals surface area contributed by atoms with Crippen LogP contribution < -0.4 is 5.32 Å². The number of hydrogen-bond acceptors (Lipinski definition) is 2. The van der Waals surface area contributed by atoms with Gasteiger partial charge in [0.2, 0.25) is 0 Å². The Balaban J connectivity index is 2.80. The van der Waals surface area contributed by atoms with Crippen LogP contribution in [0.1, 0.15) is 39.5 Å². The summed E-state index contributed by atoms with van der Waals surface area (Å²) in [7, 11) is 0. The predicted molar refractivity (Wildman–Crippen MR) is 68.1 cm³/mol. The fraction of sp³-hybridized carbons (Fsp3) is 0.692. The van der Waals surface area contributed by atoms with Gasteiger partial charge in [-0.05, 0) is 26.2 Å². The molecule has 0 saturated carbocycles. The largest absolute Gasteiger partial charge is 0.479 e. The second-order valence-corrected chi connectivity index (χ2v) is 4.43. The van der Waals surface area contributed by atoms with Crippen molar-refractivity contribution in [3.63, 3.8) is 0 Å². The molecule has 1 fully saturated rings. The van der Waals surface area contributed by atoms with Crippen LogP contribution in [-0.4, -0.2) is 40.6 Å². The molecule has 0 bridgehead atoms. The van der Waals surface area contributed by atoms with Crippen LogP contribution in [0, 0.1) is 11.8 Å². The zero-order valence-corrected chi connectivity index (χ0v) is 11.0. The Morgan fingerprint density at radius 1 is 1.50 bits per heavy atom. The smallest absolute Gasteiger partial charge is 0.329 e. The van der Waals surface area contributed by atoms with Crippen molar-refractivity contribution in [2.24, 2.45) is 0 Å². The van der Waals surface area contributed by atoms with Crippen molar-refractivity contribution in [2.75, 3.05) is 13.1 Å². The van der Waals surface area contributed by atoms with Gasteiger partial charge in [-0.15, -0.1) is 5.92 Å². The summed E-state index contributed by atoms with van der Waals surface area (Å²) in [5, 5.41) is 12.1. The summed E-state index contributed by atoms with van der Waals surface area (Å²) in [6.45, 7) is 4.38. The summed E-state index contributed by atoms with van der Waals surface area (Å²) in [4.78, 5) is 25.0. The van der Waals surface area contributed by atoms with Gasteiger partial charge >= 0.3 is 12.0 Å². The number of nitrogens with zero attached hydrogens (tertiary/aromatic N) is 1. The van der Waals surface area contributed by atoms with Crippen LogP contribution >= 0.6 is 0 Å². The Morgan fingerprint density at radius 2 is 2.22 bits per heavy atom. The van der Waals surface area contributed by atoms with E-state index in [1.807, 2.05) is 6.92 Å². The lowest BCUT2D eigenvalue weighted by molar-refractivity contribution is -0.148. The van der Waals surface area contributed by atoms with E-state index in [4.69, 9.17) is 0 Å². The lowest BCUT2D eigenvalue weighted by Gasteiger charge is -2.34. The van der Waals surface area contributed by atoms with E-state index in [1.165, 1.54) is 4.90 Å². The van der Waals surface area contributed by atoms with Gasteiger partial charge in [0.15, 0.2) is 0 Å². The highest BCUT2D eigenvalue weighted by Gasteiger charge is 2.49. The molecular weight excluding hydrogens is 232 g/mol. The molecule has 18 heavy (non-hydrogen) atoms. The van der Waals surface area contributed by atoms with Crippen molar-refractivity contribution in [1.29, 1.82) is 0 Å². The molecule has 1 unspecified atom stereocenters. The van der Waals surface area contributed by atoms with Crippen LogP contribution in [0.15, 0.2) is 0 Å². The van der Waals surface area contributed by atoms with E-state index in [2.05, 4.69) is 17.2 Å². The predicted octanol–water partition coefficient (Wildman–Crippen LogP) is 1.44. The van der Waals surface area contributed by atoms with Gasteiger partial charge in [-0.2, -0.15) is 0 Å². The van der Waals surface area contributed by atoms with Gasteiger partial charge in [-0.3, -0.25) is 0 Å². The molecule has 1 heterocycles. The molecule has 5 nitrogen and oxygen atoms in total. The summed E-state index contributed by atoms with van der Waals surface area (Å²) >= 11 is 0. The third-order valence-corrected chi connectivity index (χ3v) is 3.30. The van der Waals surface area contributed by atoms with E-state index in [-0.39, 0.29) is 12.6 Å². The first-order chi connectivity index (χ1) is 8.58. The van der Waals surface area contributed by atoms with E-state index in [9.17, 15) is 14.7 Å². The fourth-order valence-electron chi connectivity index (χ4n) is 2.48. The average molecular weight is 252 g/mol. The Kier molecular flexibility index (Phi) is 5.02. The molecule has 100 valence electrons. The van der Waals surface area contributed by atoms with Crippen molar-refractivity contribution in [3.05, 3.63) is 0 Å². The maximum absolute atomic E-state index is 12.0. The zero-order chi connectivity index (χ0) is 13.6. The third kappa shape index (κ3) is 2.76. The van der Waals surface area contributed by atoms with Crippen LogP contribution in [0.25, 0.3) is 0 Å². The van der Waals surface area contributed by atoms with Gasteiger partial charge in [-0.1, -0.05) is 19.3 Å². The van der Waals surface area contributed by atoms with Crippen molar-refractivity contribution in [1.82, 2.24) is 10.2 Å². The molecule has 1 saturated heterocycles. The lowest BCUT2D eigenvalue weighted by atomic mass is 9.91. The highest BCUT2D eigenvalue weighted by atomic mass is 16.4. The molecule has 2 N–H and O–H groups in total. The Bertz CT molecular complexity index is 383. The first-order valence-corrected chi connectivity index (χ1v) is 6.27. The first kappa shape index (κ1) is 14.4. The highest BCUT2D eigenvalue weighted by Crippen LogP contribution is 2.33. The monoisotopic (exact) mass is 252 g/mol. The number of amides is 2. The van der Waals surface area contributed by atoms with Crippen molar-refractivity contribution in [3.8, 4) is 11.8 Å². The van der Waals surface area contributed by atoms with Gasteiger partial charge in [0.05, 0.1) is 6.54 Å². The number of aliphatic carboxylic acids is 1. The van der Waals surface area contributed by atoms with Crippen molar-refractivity contribution >= 4 is 12.0 Å². The maximum atomic E-state index is 12.0. The normalized spacial score (nSPS) is 22.2. The van der Waals surface area contributed by atoms with E-state index < -0.39 is 11.5 Å². The molecule has 1 aliphatic heterocycles. The van der Waals surface area contributed by atoms with Crippen molar-refractivity contribution in [2.45, 2.75) is 45.1 Å². The molecule has 0 aromatic rings. The number of carbonyl (C=O) groups is 2. The number of carboxylic acids is 1. The molecule has 5 heteroatoms. The molecule has 0 radical (unpaired) electrons. The van der Waals surface area contributed by atoms with Crippen molar-refractivity contribution < 1.29 is 14.7 Å². The minimum Gasteiger partial charge on any atom is -0.479 e. The van der Waals surface area contributed by atoms with E-state index in [0.717, 1.165) is 12.8 Å². The molecule has 0 spiro atoms. The van der Waals surface area contributed by atoms with Gasteiger partial charge in [-0.25, -0.2) is 9.59 Å². The van der Waals surface area contributed by atoms with Crippen LogP contribution in [0.4, 0.5) is 4.79 Å². The van der Waals surface area contributed by atoms with E-state index in [1.54, 1.807) is 6.92 Å². The Hall–Kier alpha value is -1.70. The van der Waals surface area contributed by atoms with Crippen LogP contribution in [0.5, 0.6) is 0 Å². The average Bonchev–Trinajstić information content (AvgIpc) is 2.75. The van der Waals surface area contributed by atoms with Crippen LogP contribution in [-0.2, 0) is 4.79 Å². The SMILES string of the molecule is CC#CCNC(=O)N1CCCC1(CCC)C(=O)O. The van der Waals surface area contributed by atoms with Gasteiger partial charge in [0.25, 0.3) is 0 Å². The highest BCUT2D eigenvalue weighted by molar-refractivity contribution is 5.87. The molecule has 0 aromatic heterocycles. The summed E-state index contributed by atoms with van der Waals surface area (Å²) < 4.78 is 0. The third-order valence-electron chi connectivity index (χ3n) is 3.30. The second-order valence-electron chi connectivity index (χ2n) is 4.43. The summed E-state index contributed by atoms with van der Waals surface area (Å²) in [6, 6.07) is -0.328. The molecule has 2 amide bonds. The quantitative estimate of drug-likeness (QED) is 0.744. The molecule has 0 aliphatic carbocycles. The van der Waals surface area contributed by atoms with Gasteiger partial charge in [0.1, 0.15) is 5.54 Å². The molecule has 0 aromatic carbocycles. The minimum atomic E-state index is -1.03. The number of carbonyl (C=O) groups excluding carboxylic acids is 1. The van der Waals surface area contributed by atoms with Crippen LogP contribution in [0.3, 0.4) is 0 Å². The number of urea groups is 1. The number of likely N-dealkylation sites (tertiary alicyclic amines) is 1. The topological polar surface area (TPSA) is 69.6 Å². The standard InChI is InChI=1S/C13H20N2O3/c1-3-5-9-14-12(18)15-10-6-8-13(15,7-4-2)11(16)17/h4,6-10H2,1-2H3,(H,14,18)(H,16,17). The van der Waals surface area contributed by atoms with Gasteiger partial charge < -0.3 is 15.3 Å². The minimum absolute atomic E-state index is 0.258. The number of rotatable bonds is 4. The Morgan fingerprint density at radius 3 is 2.78 bits per heavy atom. The van der Waals surface area contributed by atoms with Crippen LogP contribution in [0.2, 0.25) is 0 Å². The molecular formula is C13H20N2O3. The number of carboxylic acid groups (broad SMARTS) is 1. The first-order valence-electron chi connectivity index (χ1n) is 6.27. The van der Waals surface area contributed by atoms with E-state index in [0.29, 0.717) is 19.4 Å². The summed E-state index contributed by atoms with van der Waals surface area (Å²) in [5.41, 5.74) is -1.03. The summed E-state index contributed by atoms with van der Waals surface area (Å²) in [6.07, 6.45) is 2.50. The fourth-order valence-corrected chi connectivity index (χ4v) is 2.48. The molecule has 1 aliphatic rings. The van der Waals surface area contributed by atoms with E-state index >= 15 is 0 Å². The zero-order valence-electron chi connectivity index (χ0n) is 11.0. The second kappa shape index (κ2) is 6.29. The Labute approximate surface area is 108 Å². The number of nitrogens with one attached hydrogen (secondary N) is 1. The van der Waals surface area contributed by atoms with Gasteiger partial charge in [0, 0.05) is 6.54 Å². The lowest BCUT2D eigenvalue weighted by Crippen LogP contribution is -2.56. The molecule has 1 rings (SSSR count).